The van der Waals surface area contributed by atoms with Gasteiger partial charge in [-0.25, -0.2) is 0 Å². The first-order valence-corrected chi connectivity index (χ1v) is 1.37. The van der Waals surface area contributed by atoms with E-state index in [1.165, 1.54) is 0 Å². The van der Waals surface area contributed by atoms with Crippen molar-refractivity contribution in [3.8, 4) is 0 Å². The van der Waals surface area contributed by atoms with E-state index in [2.05, 4.69) is 0 Å². The Labute approximate surface area is 71.8 Å². The average Bonchev–Trinajstić information content (AvgIpc) is 1.00. The summed E-state index contributed by atoms with van der Waals surface area (Å²) in [5.41, 5.74) is 0. The largest absolute Gasteiger partial charge is 0 e. The topological polar surface area (TPSA) is 17.1 Å². The molecule has 4 heavy (non-hydrogen) atoms. The minimum atomic E-state index is 0. The van der Waals surface area contributed by atoms with Crippen LogP contribution in [0, 0.1) is 0 Å². The first-order valence-electron chi connectivity index (χ1n) is 0.204. The monoisotopic (exact) mass is 529 g/mol. The van der Waals surface area contributed by atoms with Crippen molar-refractivity contribution in [2.45, 2.75) is 0 Å². The molecule has 1 nitrogen and oxygen atoms in total. The van der Waals surface area contributed by atoms with Crippen molar-refractivity contribution >= 4 is 48.7 Å². The van der Waals surface area contributed by atoms with Crippen LogP contribution in [0.25, 0.3) is 0 Å². The molecule has 0 amide bonds. The fourth-order valence-corrected chi connectivity index (χ4v) is 0. The second-order valence-corrected chi connectivity index (χ2v) is 0. The van der Waals surface area contributed by atoms with Gasteiger partial charge in [-0.05, 0) is 0 Å². The molecule has 0 saturated carbocycles. The molecule has 0 aliphatic rings. The Morgan fingerprint density at radius 3 is 1.25 bits per heavy atom. The number of hydrogen-bond donors (Lipinski definition) is 0. The molecular formula is BiOSnW. The molecule has 0 fully saturated rings. The van der Waals surface area contributed by atoms with Crippen LogP contribution in [0.1, 0.15) is 0 Å². The van der Waals surface area contributed by atoms with Crippen LogP contribution in [-0.2, 0) is 24.1 Å². The van der Waals surface area contributed by atoms with Gasteiger partial charge < -0.3 is 0 Å². The molecule has 0 spiro atoms. The summed E-state index contributed by atoms with van der Waals surface area (Å²) in [5.74, 6) is 0. The third-order valence-corrected chi connectivity index (χ3v) is 0. The minimum Gasteiger partial charge on any atom is 0 e. The molecule has 4 heteroatoms. The summed E-state index contributed by atoms with van der Waals surface area (Å²) in [6.07, 6.45) is 0. The third kappa shape index (κ3) is 8.90. The molecule has 0 aromatic rings. The van der Waals surface area contributed by atoms with Crippen LogP contribution in [0.4, 0.5) is 0 Å². The molecule has 0 N–H and O–H groups in total. The first-order chi connectivity index (χ1) is 1.00. The van der Waals surface area contributed by atoms with Gasteiger partial charge in [0, 0.05) is 47.3 Å². The van der Waals surface area contributed by atoms with Crippen molar-refractivity contribution < 1.29 is 24.1 Å². The molecule has 0 aromatic heterocycles. The summed E-state index contributed by atoms with van der Waals surface area (Å²) in [5, 5.41) is 0. The summed E-state index contributed by atoms with van der Waals surface area (Å²) in [7, 11) is 0. The molecule has 0 aliphatic heterocycles. The number of rotatable bonds is 0. The zero-order valence-electron chi connectivity index (χ0n) is 1.76. The maximum Gasteiger partial charge on any atom is 0 e. The average molecular weight is 528 g/mol. The summed E-state index contributed by atoms with van der Waals surface area (Å²) < 4.78 is 8.34. The van der Waals surface area contributed by atoms with Crippen molar-refractivity contribution in [2.75, 3.05) is 0 Å². The van der Waals surface area contributed by atoms with E-state index >= 15 is 0 Å². The SMILES string of the molecule is [Bi].[O]=[Sn].[W]. The predicted octanol–water partition coefficient (Wildman–Crippen LogP) is -0.883. The quantitative estimate of drug-likeness (QED) is 0.374. The third-order valence-electron chi connectivity index (χ3n) is 0. The number of hydrogen-bond acceptors (Lipinski definition) is 1. The van der Waals surface area contributed by atoms with Crippen LogP contribution in [-0.4, -0.2) is 48.7 Å². The van der Waals surface area contributed by atoms with Gasteiger partial charge in [0.15, 0.2) is 0 Å². The molecule has 0 aromatic carbocycles. The van der Waals surface area contributed by atoms with E-state index in [1.807, 2.05) is 0 Å². The Morgan fingerprint density at radius 2 is 1.25 bits per heavy atom. The first kappa shape index (κ1) is 16.4. The Bertz CT molecular complexity index is 8.00. The second-order valence-electron chi connectivity index (χ2n) is 0. The molecule has 0 bridgehead atoms. The molecule has 21 valence electrons. The van der Waals surface area contributed by atoms with Crippen LogP contribution in [0.3, 0.4) is 0 Å². The van der Waals surface area contributed by atoms with Gasteiger partial charge in [0.05, 0.1) is 0 Å². The van der Waals surface area contributed by atoms with Crippen LogP contribution in [0.5, 0.6) is 0 Å². The molecule has 5 radical (unpaired) electrons. The van der Waals surface area contributed by atoms with E-state index in [0.29, 0.717) is 22.5 Å². The summed E-state index contributed by atoms with van der Waals surface area (Å²) in [6, 6.07) is 0. The van der Waals surface area contributed by atoms with Crippen LogP contribution < -0.4 is 0 Å². The maximum atomic E-state index is 8.34. The van der Waals surface area contributed by atoms with Crippen molar-refractivity contribution in [3.05, 3.63) is 0 Å². The second kappa shape index (κ2) is 19.1. The molecule has 0 atom stereocenters. The zero-order valence-corrected chi connectivity index (χ0v) is 11.0. The van der Waals surface area contributed by atoms with Crippen LogP contribution in [0.2, 0.25) is 0 Å². The van der Waals surface area contributed by atoms with E-state index in [4.69, 9.17) is 3.08 Å². The molecular weight excluding hydrogens is 528 g/mol. The molecule has 0 saturated heterocycles. The van der Waals surface area contributed by atoms with Crippen molar-refractivity contribution in [1.82, 2.24) is 0 Å². The minimum absolute atomic E-state index is 0. The van der Waals surface area contributed by atoms with E-state index < -0.39 is 0 Å². The van der Waals surface area contributed by atoms with Gasteiger partial charge in [-0.1, -0.05) is 0 Å². The van der Waals surface area contributed by atoms with Crippen LogP contribution in [0.15, 0.2) is 0 Å². The van der Waals surface area contributed by atoms with E-state index in [0.717, 1.165) is 0 Å². The van der Waals surface area contributed by atoms with Gasteiger partial charge in [0.1, 0.15) is 0 Å². The molecule has 0 aliphatic carbocycles. The Kier molecular flexibility index (Phi) is 78.3. The van der Waals surface area contributed by atoms with Crippen LogP contribution >= 0.6 is 0 Å². The normalized spacial score (nSPS) is 1.00. The fourth-order valence-electron chi connectivity index (χ4n) is 0. The maximum absolute atomic E-state index is 8.34. The molecule has 0 heterocycles. The van der Waals surface area contributed by atoms with Gasteiger partial charge >= 0.3 is 25.6 Å². The van der Waals surface area contributed by atoms with E-state index in [1.54, 1.807) is 0 Å². The Hall–Kier alpha value is 2.17. The molecule has 0 unspecified atom stereocenters. The fraction of sp³-hybridized carbons (Fsp3) is 0. The Balaban J connectivity index is -0.00000000500. The van der Waals surface area contributed by atoms with Gasteiger partial charge in [0.2, 0.25) is 0 Å². The van der Waals surface area contributed by atoms with Gasteiger partial charge in [-0.3, -0.25) is 0 Å². The van der Waals surface area contributed by atoms with E-state index in [-0.39, 0.29) is 47.3 Å². The van der Waals surface area contributed by atoms with Gasteiger partial charge in [0.25, 0.3) is 0 Å². The smallest absolute Gasteiger partial charge is 0 e. The summed E-state index contributed by atoms with van der Waals surface area (Å²) in [4.78, 5) is 0. The van der Waals surface area contributed by atoms with Gasteiger partial charge in [-0.2, -0.15) is 0 Å². The summed E-state index contributed by atoms with van der Waals surface area (Å²) in [6.45, 7) is 0. The molecule has 0 rings (SSSR count). The summed E-state index contributed by atoms with van der Waals surface area (Å²) >= 11 is 0.300. The predicted molar refractivity (Wildman–Crippen MR) is 12.2 cm³/mol. The van der Waals surface area contributed by atoms with Crippen molar-refractivity contribution in [1.29, 1.82) is 0 Å². The zero-order chi connectivity index (χ0) is 2.00. The van der Waals surface area contributed by atoms with Crippen molar-refractivity contribution in [2.24, 2.45) is 0 Å². The van der Waals surface area contributed by atoms with Crippen molar-refractivity contribution in [3.63, 3.8) is 0 Å². The van der Waals surface area contributed by atoms with E-state index in [9.17, 15) is 0 Å². The standard InChI is InChI=1S/Bi.O.Sn.W. The van der Waals surface area contributed by atoms with Gasteiger partial charge in [-0.15, -0.1) is 0 Å². The Morgan fingerprint density at radius 1 is 1.25 bits per heavy atom.